The topological polar surface area (TPSA) is 43.4 Å². The molecule has 0 heterocycles. The van der Waals surface area contributed by atoms with Crippen molar-refractivity contribution in [1.82, 2.24) is 0 Å². The molecular formula is C19H20O3S. The summed E-state index contributed by atoms with van der Waals surface area (Å²) in [5.74, 6) is 5.84. The van der Waals surface area contributed by atoms with Gasteiger partial charge in [-0.15, -0.1) is 5.92 Å². The summed E-state index contributed by atoms with van der Waals surface area (Å²) in [6, 6.07) is 14.6. The van der Waals surface area contributed by atoms with Crippen LogP contribution in [-0.4, -0.2) is 15.0 Å². The van der Waals surface area contributed by atoms with Crippen LogP contribution in [0.25, 0.3) is 0 Å². The molecule has 0 aliphatic rings. The van der Waals surface area contributed by atoms with Crippen molar-refractivity contribution in [1.29, 1.82) is 0 Å². The van der Waals surface area contributed by atoms with Crippen LogP contribution in [0.15, 0.2) is 53.4 Å². The first-order valence-electron chi connectivity index (χ1n) is 7.49. The number of hydrogen-bond acceptors (Lipinski definition) is 3. The molecule has 120 valence electrons. The van der Waals surface area contributed by atoms with Gasteiger partial charge in [-0.1, -0.05) is 35.7 Å². The molecule has 0 bridgehead atoms. The second kappa shape index (κ2) is 7.96. The molecule has 0 amide bonds. The first-order valence-corrected chi connectivity index (χ1v) is 8.90. The Balaban J connectivity index is 1.84. The molecule has 0 aromatic heterocycles. The van der Waals surface area contributed by atoms with E-state index in [0.717, 1.165) is 23.1 Å². The van der Waals surface area contributed by atoms with E-state index in [9.17, 15) is 8.42 Å². The maximum absolute atomic E-state index is 12.0. The number of benzene rings is 2. The molecule has 0 saturated carbocycles. The Morgan fingerprint density at radius 3 is 2.26 bits per heavy atom. The standard InChI is InChI=1S/C19H20O3S/c1-3-5-17-9-11-18(12-10-17)6-4-15-22-23(20,21)19-13-7-16(2)8-14-19/h7-14H,4,6,15H2,1-2H3. The van der Waals surface area contributed by atoms with Gasteiger partial charge in [0.1, 0.15) is 0 Å². The molecule has 2 aromatic rings. The normalized spacial score (nSPS) is 10.9. The van der Waals surface area contributed by atoms with Crippen molar-refractivity contribution in [3.8, 4) is 11.8 Å². The van der Waals surface area contributed by atoms with Crippen molar-refractivity contribution in [3.63, 3.8) is 0 Å². The third kappa shape index (κ3) is 5.24. The minimum absolute atomic E-state index is 0.173. The van der Waals surface area contributed by atoms with Crippen molar-refractivity contribution in [3.05, 3.63) is 65.2 Å². The number of rotatable bonds is 6. The minimum atomic E-state index is -3.66. The van der Waals surface area contributed by atoms with Crippen LogP contribution in [0.2, 0.25) is 0 Å². The summed E-state index contributed by atoms with van der Waals surface area (Å²) in [5, 5.41) is 0. The molecule has 0 atom stereocenters. The van der Waals surface area contributed by atoms with Crippen LogP contribution in [0.3, 0.4) is 0 Å². The average molecular weight is 328 g/mol. The first kappa shape index (κ1) is 17.3. The maximum Gasteiger partial charge on any atom is 0.296 e. The summed E-state index contributed by atoms with van der Waals surface area (Å²) in [5.41, 5.74) is 3.14. The Hall–Kier alpha value is -2.09. The number of aryl methyl sites for hydroxylation is 2. The van der Waals surface area contributed by atoms with Crippen molar-refractivity contribution in [2.24, 2.45) is 0 Å². The van der Waals surface area contributed by atoms with Crippen LogP contribution in [0.5, 0.6) is 0 Å². The summed E-state index contributed by atoms with van der Waals surface area (Å²) in [6.45, 7) is 3.89. The Kier molecular flexibility index (Phi) is 5.97. The molecule has 2 aromatic carbocycles. The second-order valence-electron chi connectivity index (χ2n) is 5.26. The molecule has 0 radical (unpaired) electrons. The van der Waals surface area contributed by atoms with Crippen molar-refractivity contribution < 1.29 is 12.6 Å². The Bertz CT molecular complexity index is 792. The third-order valence-corrected chi connectivity index (χ3v) is 4.71. The summed E-state index contributed by atoms with van der Waals surface area (Å²) in [6.07, 6.45) is 1.41. The van der Waals surface area contributed by atoms with E-state index < -0.39 is 10.1 Å². The molecule has 0 N–H and O–H groups in total. The first-order chi connectivity index (χ1) is 11.0. The average Bonchev–Trinajstić information content (AvgIpc) is 2.54. The van der Waals surface area contributed by atoms with Gasteiger partial charge in [0.15, 0.2) is 0 Å². The van der Waals surface area contributed by atoms with E-state index in [1.165, 1.54) is 0 Å². The highest BCUT2D eigenvalue weighted by molar-refractivity contribution is 7.86. The lowest BCUT2D eigenvalue weighted by molar-refractivity contribution is 0.312. The monoisotopic (exact) mass is 328 g/mol. The van der Waals surface area contributed by atoms with E-state index >= 15 is 0 Å². The highest BCUT2D eigenvalue weighted by Crippen LogP contribution is 2.14. The van der Waals surface area contributed by atoms with Gasteiger partial charge in [-0.05, 0) is 56.5 Å². The van der Waals surface area contributed by atoms with Crippen molar-refractivity contribution in [2.45, 2.75) is 31.6 Å². The highest BCUT2D eigenvalue weighted by atomic mass is 32.2. The van der Waals surface area contributed by atoms with E-state index in [1.54, 1.807) is 31.2 Å². The zero-order valence-corrected chi connectivity index (χ0v) is 14.2. The largest absolute Gasteiger partial charge is 0.296 e. The molecule has 3 nitrogen and oxygen atoms in total. The van der Waals surface area contributed by atoms with Gasteiger partial charge < -0.3 is 0 Å². The van der Waals surface area contributed by atoms with Crippen molar-refractivity contribution >= 4 is 10.1 Å². The van der Waals surface area contributed by atoms with Crippen LogP contribution < -0.4 is 0 Å². The fourth-order valence-corrected chi connectivity index (χ4v) is 3.06. The SMILES string of the molecule is CC#Cc1ccc(CCCOS(=O)(=O)c2ccc(C)cc2)cc1. The van der Waals surface area contributed by atoms with Gasteiger partial charge in [-0.25, -0.2) is 0 Å². The van der Waals surface area contributed by atoms with E-state index in [-0.39, 0.29) is 11.5 Å². The van der Waals surface area contributed by atoms with Crippen molar-refractivity contribution in [2.75, 3.05) is 6.61 Å². The van der Waals surface area contributed by atoms with Crippen LogP contribution >= 0.6 is 0 Å². The van der Waals surface area contributed by atoms with Gasteiger partial charge in [-0.3, -0.25) is 4.18 Å². The van der Waals surface area contributed by atoms with E-state index in [4.69, 9.17) is 4.18 Å². The van der Waals surface area contributed by atoms with Crippen LogP contribution in [0.1, 0.15) is 30.0 Å². The van der Waals surface area contributed by atoms with E-state index in [0.29, 0.717) is 6.42 Å². The quantitative estimate of drug-likeness (QED) is 0.461. The summed E-state index contributed by atoms with van der Waals surface area (Å²) < 4.78 is 29.2. The predicted octanol–water partition coefficient (Wildman–Crippen LogP) is 3.70. The Labute approximate surface area is 138 Å². The molecule has 0 spiro atoms. The van der Waals surface area contributed by atoms with E-state index in [2.05, 4.69) is 11.8 Å². The van der Waals surface area contributed by atoms with E-state index in [1.807, 2.05) is 31.2 Å². The lowest BCUT2D eigenvalue weighted by Crippen LogP contribution is -2.08. The molecule has 4 heteroatoms. The zero-order valence-electron chi connectivity index (χ0n) is 13.4. The summed E-state index contributed by atoms with van der Waals surface area (Å²) >= 11 is 0. The summed E-state index contributed by atoms with van der Waals surface area (Å²) in [7, 11) is -3.66. The Morgan fingerprint density at radius 1 is 1.00 bits per heavy atom. The molecule has 0 unspecified atom stereocenters. The van der Waals surface area contributed by atoms with Gasteiger partial charge in [-0.2, -0.15) is 8.42 Å². The molecule has 0 fully saturated rings. The van der Waals surface area contributed by atoms with Gasteiger partial charge in [0.25, 0.3) is 10.1 Å². The molecule has 0 aliphatic heterocycles. The van der Waals surface area contributed by atoms with Gasteiger partial charge in [0, 0.05) is 5.56 Å². The lowest BCUT2D eigenvalue weighted by atomic mass is 10.1. The van der Waals surface area contributed by atoms with Crippen LogP contribution in [0, 0.1) is 18.8 Å². The van der Waals surface area contributed by atoms with Crippen LogP contribution in [-0.2, 0) is 20.7 Å². The van der Waals surface area contributed by atoms with Gasteiger partial charge >= 0.3 is 0 Å². The molecule has 2 rings (SSSR count). The van der Waals surface area contributed by atoms with Crippen LogP contribution in [0.4, 0.5) is 0 Å². The van der Waals surface area contributed by atoms with Gasteiger partial charge in [0.05, 0.1) is 11.5 Å². The number of hydrogen-bond donors (Lipinski definition) is 0. The molecular weight excluding hydrogens is 308 g/mol. The lowest BCUT2D eigenvalue weighted by Gasteiger charge is -2.06. The third-order valence-electron chi connectivity index (χ3n) is 3.38. The highest BCUT2D eigenvalue weighted by Gasteiger charge is 2.14. The Morgan fingerprint density at radius 2 is 1.65 bits per heavy atom. The smallest absolute Gasteiger partial charge is 0.266 e. The van der Waals surface area contributed by atoms with Gasteiger partial charge in [0.2, 0.25) is 0 Å². The molecule has 0 aliphatic carbocycles. The fraction of sp³-hybridized carbons (Fsp3) is 0.263. The second-order valence-corrected chi connectivity index (χ2v) is 6.88. The maximum atomic E-state index is 12.0. The minimum Gasteiger partial charge on any atom is -0.266 e. The zero-order chi connectivity index (χ0) is 16.7. The fourth-order valence-electron chi connectivity index (χ4n) is 2.12. The summed E-state index contributed by atoms with van der Waals surface area (Å²) in [4.78, 5) is 0.200. The predicted molar refractivity (Wildman–Crippen MR) is 91.6 cm³/mol. The molecule has 0 saturated heterocycles. The molecule has 23 heavy (non-hydrogen) atoms.